The number of thioether (sulfide) groups is 1. The first-order valence-corrected chi connectivity index (χ1v) is 10.5. The predicted molar refractivity (Wildman–Crippen MR) is 117 cm³/mol. The zero-order valence-electron chi connectivity index (χ0n) is 15.6. The number of nitro benzene ring substituents is 1. The van der Waals surface area contributed by atoms with E-state index in [9.17, 15) is 19.7 Å². The van der Waals surface area contributed by atoms with Crippen molar-refractivity contribution >= 4 is 55.9 Å². The van der Waals surface area contributed by atoms with E-state index in [2.05, 4.69) is 26.2 Å². The number of hydrogen-bond acceptors (Lipinski definition) is 6. The molecule has 150 valence electrons. The third kappa shape index (κ3) is 4.48. The van der Waals surface area contributed by atoms with Crippen molar-refractivity contribution in [2.45, 2.75) is 25.5 Å². The number of halogens is 1. The molecule has 8 nitrogen and oxygen atoms in total. The normalized spacial score (nSPS) is 10.9. The molecule has 0 aliphatic rings. The second-order valence-corrected chi connectivity index (χ2v) is 8.01. The van der Waals surface area contributed by atoms with E-state index in [0.717, 1.165) is 16.2 Å². The Hall–Kier alpha value is -2.72. The first-order valence-electron chi connectivity index (χ1n) is 8.68. The van der Waals surface area contributed by atoms with Gasteiger partial charge in [0, 0.05) is 17.1 Å². The van der Waals surface area contributed by atoms with Crippen molar-refractivity contribution in [3.05, 3.63) is 66.9 Å². The van der Waals surface area contributed by atoms with Gasteiger partial charge in [-0.15, -0.1) is 0 Å². The molecular formula is C19H17BrN4O4S. The van der Waals surface area contributed by atoms with E-state index in [-0.39, 0.29) is 22.9 Å². The molecule has 0 aliphatic carbocycles. The van der Waals surface area contributed by atoms with Crippen LogP contribution < -0.4 is 10.9 Å². The number of carbonyl (C=O) groups excluding carboxylic acids is 1. The maximum absolute atomic E-state index is 12.7. The van der Waals surface area contributed by atoms with Crippen LogP contribution in [0.5, 0.6) is 0 Å². The van der Waals surface area contributed by atoms with E-state index in [1.807, 2.05) is 6.92 Å². The van der Waals surface area contributed by atoms with E-state index < -0.39 is 4.92 Å². The zero-order valence-corrected chi connectivity index (χ0v) is 18.0. The maximum atomic E-state index is 12.7. The van der Waals surface area contributed by atoms with E-state index in [4.69, 9.17) is 0 Å². The van der Waals surface area contributed by atoms with Gasteiger partial charge in [0.05, 0.1) is 32.8 Å². The number of carbonyl (C=O) groups is 1. The quantitative estimate of drug-likeness (QED) is 0.248. The Morgan fingerprint density at radius 1 is 1.34 bits per heavy atom. The number of anilines is 1. The predicted octanol–water partition coefficient (Wildman–Crippen LogP) is 4.13. The fraction of sp³-hybridized carbons (Fsp3) is 0.211. The van der Waals surface area contributed by atoms with Crippen molar-refractivity contribution in [2.24, 2.45) is 0 Å². The average molecular weight is 477 g/mol. The van der Waals surface area contributed by atoms with Crippen LogP contribution in [-0.2, 0) is 11.3 Å². The number of nitrogens with zero attached hydrogens (tertiary/aromatic N) is 3. The minimum atomic E-state index is -0.489. The van der Waals surface area contributed by atoms with Crippen molar-refractivity contribution in [2.75, 3.05) is 11.1 Å². The number of amides is 1. The molecule has 0 unspecified atom stereocenters. The smallest absolute Gasteiger partial charge is 0.274 e. The standard InChI is InChI=1S/C19H17BrN4O4S/c1-3-23-18(26)13-9-12(20)7-8-15(13)22-19(23)29-10-17(25)21-14-5-4-6-16(11(14)2)24(27)28/h4-9H,3,10H2,1-2H3,(H,21,25). The summed E-state index contributed by atoms with van der Waals surface area (Å²) in [6.07, 6.45) is 0. The third-order valence-electron chi connectivity index (χ3n) is 4.31. The van der Waals surface area contributed by atoms with Gasteiger partial charge in [0.1, 0.15) is 0 Å². The second kappa shape index (κ2) is 8.75. The molecule has 0 bridgehead atoms. The molecule has 3 aromatic rings. The van der Waals surface area contributed by atoms with Crippen LogP contribution in [0, 0.1) is 17.0 Å². The molecule has 0 fully saturated rings. The number of nitro groups is 1. The number of rotatable bonds is 6. The van der Waals surface area contributed by atoms with Gasteiger partial charge >= 0.3 is 0 Å². The maximum Gasteiger partial charge on any atom is 0.274 e. The molecule has 0 aliphatic heterocycles. The van der Waals surface area contributed by atoms with Gasteiger partial charge in [0.25, 0.3) is 11.2 Å². The Kier molecular flexibility index (Phi) is 6.33. The van der Waals surface area contributed by atoms with Crippen LogP contribution in [-0.4, -0.2) is 26.1 Å². The first kappa shape index (κ1) is 21.0. The molecule has 0 saturated heterocycles. The minimum Gasteiger partial charge on any atom is -0.325 e. The topological polar surface area (TPSA) is 107 Å². The van der Waals surface area contributed by atoms with Crippen molar-refractivity contribution in [3.8, 4) is 0 Å². The summed E-state index contributed by atoms with van der Waals surface area (Å²) in [5.41, 5.74) is 1.10. The van der Waals surface area contributed by atoms with Gasteiger partial charge in [-0.25, -0.2) is 4.98 Å². The second-order valence-electron chi connectivity index (χ2n) is 6.15. The summed E-state index contributed by atoms with van der Waals surface area (Å²) in [5.74, 6) is -0.331. The molecule has 1 aromatic heterocycles. The lowest BCUT2D eigenvalue weighted by Gasteiger charge is -2.12. The molecule has 1 heterocycles. The molecule has 0 atom stereocenters. The summed E-state index contributed by atoms with van der Waals surface area (Å²) >= 11 is 4.50. The molecule has 0 radical (unpaired) electrons. The molecule has 1 amide bonds. The summed E-state index contributed by atoms with van der Waals surface area (Å²) < 4.78 is 2.31. The number of fused-ring (bicyclic) bond motifs is 1. The van der Waals surface area contributed by atoms with Crippen LogP contribution >= 0.6 is 27.7 Å². The number of hydrogen-bond donors (Lipinski definition) is 1. The molecule has 10 heteroatoms. The Bertz CT molecular complexity index is 1180. The monoisotopic (exact) mass is 476 g/mol. The Labute approximate surface area is 178 Å². The van der Waals surface area contributed by atoms with Gasteiger partial charge < -0.3 is 5.32 Å². The first-order chi connectivity index (χ1) is 13.8. The van der Waals surface area contributed by atoms with Crippen molar-refractivity contribution < 1.29 is 9.72 Å². The Morgan fingerprint density at radius 3 is 2.79 bits per heavy atom. The molecule has 0 spiro atoms. The van der Waals surface area contributed by atoms with Gasteiger partial charge in [-0.05, 0) is 38.1 Å². The van der Waals surface area contributed by atoms with Crippen LogP contribution in [0.25, 0.3) is 10.9 Å². The van der Waals surface area contributed by atoms with Crippen LogP contribution in [0.1, 0.15) is 12.5 Å². The lowest BCUT2D eigenvalue weighted by atomic mass is 10.1. The molecular weight excluding hydrogens is 460 g/mol. The van der Waals surface area contributed by atoms with Gasteiger partial charge in [0.2, 0.25) is 5.91 Å². The third-order valence-corrected chi connectivity index (χ3v) is 5.78. The fourth-order valence-electron chi connectivity index (χ4n) is 2.83. The van der Waals surface area contributed by atoms with Crippen LogP contribution in [0.2, 0.25) is 0 Å². The van der Waals surface area contributed by atoms with Crippen LogP contribution in [0.3, 0.4) is 0 Å². The molecule has 29 heavy (non-hydrogen) atoms. The summed E-state index contributed by atoms with van der Waals surface area (Å²) in [6.45, 7) is 3.84. The zero-order chi connectivity index (χ0) is 21.1. The number of aromatic nitrogens is 2. The van der Waals surface area contributed by atoms with Crippen LogP contribution in [0.15, 0.2) is 50.8 Å². The summed E-state index contributed by atoms with van der Waals surface area (Å²) in [4.78, 5) is 40.2. The van der Waals surface area contributed by atoms with E-state index >= 15 is 0 Å². The highest BCUT2D eigenvalue weighted by Crippen LogP contribution is 2.26. The van der Waals surface area contributed by atoms with Gasteiger partial charge in [-0.1, -0.05) is 33.8 Å². The molecule has 3 rings (SSSR count). The highest BCUT2D eigenvalue weighted by Gasteiger charge is 2.16. The molecule has 1 N–H and O–H groups in total. The van der Waals surface area contributed by atoms with Crippen molar-refractivity contribution in [1.29, 1.82) is 0 Å². The Balaban J connectivity index is 1.81. The fourth-order valence-corrected chi connectivity index (χ4v) is 4.06. The average Bonchev–Trinajstić information content (AvgIpc) is 2.68. The lowest BCUT2D eigenvalue weighted by Crippen LogP contribution is -2.23. The molecule has 2 aromatic carbocycles. The van der Waals surface area contributed by atoms with Gasteiger partial charge in [-0.3, -0.25) is 24.3 Å². The number of benzene rings is 2. The van der Waals surface area contributed by atoms with E-state index in [1.165, 1.54) is 16.7 Å². The van der Waals surface area contributed by atoms with Crippen molar-refractivity contribution in [3.63, 3.8) is 0 Å². The van der Waals surface area contributed by atoms with Crippen molar-refractivity contribution in [1.82, 2.24) is 9.55 Å². The highest BCUT2D eigenvalue weighted by molar-refractivity contribution is 9.10. The summed E-state index contributed by atoms with van der Waals surface area (Å²) in [6, 6.07) is 9.79. The Morgan fingerprint density at radius 2 is 2.10 bits per heavy atom. The minimum absolute atomic E-state index is 0.0105. The van der Waals surface area contributed by atoms with Gasteiger partial charge in [0.15, 0.2) is 5.16 Å². The van der Waals surface area contributed by atoms with E-state index in [0.29, 0.717) is 33.9 Å². The van der Waals surface area contributed by atoms with Gasteiger partial charge in [-0.2, -0.15) is 0 Å². The SMILES string of the molecule is CCn1c(SCC(=O)Nc2cccc([N+](=O)[O-])c2C)nc2ccc(Br)cc2c1=O. The molecule has 0 saturated carbocycles. The van der Waals surface area contributed by atoms with E-state index in [1.54, 1.807) is 31.2 Å². The summed E-state index contributed by atoms with van der Waals surface area (Å²) in [7, 11) is 0. The number of nitrogens with one attached hydrogen (secondary N) is 1. The lowest BCUT2D eigenvalue weighted by molar-refractivity contribution is -0.385. The largest absolute Gasteiger partial charge is 0.325 e. The van der Waals surface area contributed by atoms with Crippen LogP contribution in [0.4, 0.5) is 11.4 Å². The highest BCUT2D eigenvalue weighted by atomic mass is 79.9. The summed E-state index contributed by atoms with van der Waals surface area (Å²) in [5, 5.41) is 14.7.